The third-order valence-corrected chi connectivity index (χ3v) is 3.88. The molecular formula is C18H21Cl2N. The van der Waals surface area contributed by atoms with Crippen molar-refractivity contribution in [3.8, 4) is 0 Å². The van der Waals surface area contributed by atoms with Gasteiger partial charge in [-0.2, -0.15) is 0 Å². The van der Waals surface area contributed by atoms with Gasteiger partial charge in [-0.1, -0.05) is 55.1 Å². The van der Waals surface area contributed by atoms with E-state index in [-0.39, 0.29) is 0 Å². The SMILES string of the molecule is CCCCCc1ccc(NCc2cc(Cl)cc(Cl)c2)cc1. The van der Waals surface area contributed by atoms with Crippen molar-refractivity contribution < 1.29 is 0 Å². The second-order valence-corrected chi connectivity index (χ2v) is 6.16. The molecule has 0 unspecified atom stereocenters. The van der Waals surface area contributed by atoms with Crippen LogP contribution in [0.2, 0.25) is 10.0 Å². The quantitative estimate of drug-likeness (QED) is 0.587. The highest BCUT2D eigenvalue weighted by molar-refractivity contribution is 6.34. The average molecular weight is 322 g/mol. The molecule has 0 aliphatic heterocycles. The Labute approximate surface area is 137 Å². The Morgan fingerprint density at radius 2 is 1.52 bits per heavy atom. The van der Waals surface area contributed by atoms with E-state index in [0.717, 1.165) is 24.2 Å². The zero-order valence-electron chi connectivity index (χ0n) is 12.3. The van der Waals surface area contributed by atoms with E-state index in [9.17, 15) is 0 Å². The molecule has 0 saturated carbocycles. The van der Waals surface area contributed by atoms with E-state index in [4.69, 9.17) is 23.2 Å². The standard InChI is InChI=1S/C18H21Cl2N/c1-2-3-4-5-14-6-8-18(9-7-14)21-13-15-10-16(19)12-17(20)11-15/h6-12,21H,2-5,13H2,1H3. The Balaban J connectivity index is 1.88. The maximum absolute atomic E-state index is 6.00. The van der Waals surface area contributed by atoms with Gasteiger partial charge in [0.15, 0.2) is 0 Å². The summed E-state index contributed by atoms with van der Waals surface area (Å²) in [6, 6.07) is 14.3. The molecule has 0 aliphatic rings. The smallest absolute Gasteiger partial charge is 0.0424 e. The Kier molecular flexibility index (Phi) is 6.41. The second-order valence-electron chi connectivity index (χ2n) is 5.29. The number of aryl methyl sites for hydroxylation is 1. The zero-order chi connectivity index (χ0) is 15.1. The Hall–Kier alpha value is -1.18. The fraction of sp³-hybridized carbons (Fsp3) is 0.333. The molecule has 2 rings (SSSR count). The van der Waals surface area contributed by atoms with Crippen molar-refractivity contribution in [2.45, 2.75) is 39.2 Å². The van der Waals surface area contributed by atoms with Crippen LogP contribution >= 0.6 is 23.2 Å². The highest BCUT2D eigenvalue weighted by Crippen LogP contribution is 2.20. The van der Waals surface area contributed by atoms with Gasteiger partial charge in [0.25, 0.3) is 0 Å². The predicted octanol–water partition coefficient (Wildman–Crippen LogP) is 6.34. The summed E-state index contributed by atoms with van der Waals surface area (Å²) in [6.45, 7) is 2.95. The number of anilines is 1. The molecule has 21 heavy (non-hydrogen) atoms. The molecule has 0 aromatic heterocycles. The number of unbranched alkanes of at least 4 members (excludes halogenated alkanes) is 2. The summed E-state index contributed by atoms with van der Waals surface area (Å²) < 4.78 is 0. The highest BCUT2D eigenvalue weighted by atomic mass is 35.5. The van der Waals surface area contributed by atoms with Crippen molar-refractivity contribution in [2.75, 3.05) is 5.32 Å². The van der Waals surface area contributed by atoms with E-state index < -0.39 is 0 Å². The predicted molar refractivity (Wildman–Crippen MR) is 93.5 cm³/mol. The van der Waals surface area contributed by atoms with Gasteiger partial charge in [0.05, 0.1) is 0 Å². The lowest BCUT2D eigenvalue weighted by molar-refractivity contribution is 0.717. The minimum absolute atomic E-state index is 0.672. The first-order valence-corrected chi connectivity index (χ1v) is 8.21. The summed E-state index contributed by atoms with van der Waals surface area (Å²) in [5.74, 6) is 0. The minimum atomic E-state index is 0.672. The van der Waals surface area contributed by atoms with Crippen LogP contribution in [0.15, 0.2) is 42.5 Å². The number of nitrogens with one attached hydrogen (secondary N) is 1. The lowest BCUT2D eigenvalue weighted by Gasteiger charge is -2.08. The molecule has 1 nitrogen and oxygen atoms in total. The molecule has 112 valence electrons. The van der Waals surface area contributed by atoms with Gasteiger partial charge < -0.3 is 5.32 Å². The topological polar surface area (TPSA) is 12.0 Å². The third kappa shape index (κ3) is 5.61. The minimum Gasteiger partial charge on any atom is -0.381 e. The lowest BCUT2D eigenvalue weighted by Crippen LogP contribution is -1.99. The summed E-state index contributed by atoms with van der Waals surface area (Å²) in [4.78, 5) is 0. The van der Waals surface area contributed by atoms with Crippen molar-refractivity contribution >= 4 is 28.9 Å². The van der Waals surface area contributed by atoms with Gasteiger partial charge in [-0.3, -0.25) is 0 Å². The first kappa shape index (κ1) is 16.2. The molecule has 0 spiro atoms. The molecule has 2 aromatic rings. The van der Waals surface area contributed by atoms with Gasteiger partial charge in [0.2, 0.25) is 0 Å². The molecule has 0 fully saturated rings. The van der Waals surface area contributed by atoms with Crippen LogP contribution in [0.4, 0.5) is 5.69 Å². The molecular weight excluding hydrogens is 301 g/mol. The van der Waals surface area contributed by atoms with Crippen LogP contribution in [0.25, 0.3) is 0 Å². The van der Waals surface area contributed by atoms with E-state index in [1.54, 1.807) is 6.07 Å². The summed E-state index contributed by atoms with van der Waals surface area (Å²) >= 11 is 12.0. The van der Waals surface area contributed by atoms with Gasteiger partial charge >= 0.3 is 0 Å². The summed E-state index contributed by atoms with van der Waals surface area (Å²) in [5, 5.41) is 4.74. The monoisotopic (exact) mass is 321 g/mol. The third-order valence-electron chi connectivity index (χ3n) is 3.44. The van der Waals surface area contributed by atoms with Crippen LogP contribution < -0.4 is 5.32 Å². The number of hydrogen-bond donors (Lipinski definition) is 1. The first-order chi connectivity index (χ1) is 10.2. The number of benzene rings is 2. The number of hydrogen-bond acceptors (Lipinski definition) is 1. The van der Waals surface area contributed by atoms with Gasteiger partial charge in [0, 0.05) is 22.3 Å². The Morgan fingerprint density at radius 1 is 0.857 bits per heavy atom. The zero-order valence-corrected chi connectivity index (χ0v) is 13.8. The molecule has 0 saturated heterocycles. The van der Waals surface area contributed by atoms with Crippen molar-refractivity contribution in [3.63, 3.8) is 0 Å². The molecule has 0 atom stereocenters. The lowest BCUT2D eigenvalue weighted by atomic mass is 10.1. The number of halogens is 2. The summed E-state index contributed by atoms with van der Waals surface area (Å²) in [7, 11) is 0. The van der Waals surface area contributed by atoms with Crippen LogP contribution in [0, 0.1) is 0 Å². The molecule has 0 radical (unpaired) electrons. The van der Waals surface area contributed by atoms with Crippen LogP contribution in [0.1, 0.15) is 37.3 Å². The molecule has 2 aromatic carbocycles. The van der Waals surface area contributed by atoms with E-state index in [2.05, 4.69) is 36.5 Å². The van der Waals surface area contributed by atoms with E-state index >= 15 is 0 Å². The van der Waals surface area contributed by atoms with Crippen LogP contribution in [-0.2, 0) is 13.0 Å². The fourth-order valence-corrected chi connectivity index (χ4v) is 2.86. The largest absolute Gasteiger partial charge is 0.381 e. The van der Waals surface area contributed by atoms with E-state index in [1.165, 1.54) is 24.8 Å². The maximum Gasteiger partial charge on any atom is 0.0424 e. The van der Waals surface area contributed by atoms with Gasteiger partial charge in [-0.25, -0.2) is 0 Å². The summed E-state index contributed by atoms with van der Waals surface area (Å²) in [5.41, 5.74) is 3.60. The average Bonchev–Trinajstić information content (AvgIpc) is 2.46. The van der Waals surface area contributed by atoms with Crippen molar-refractivity contribution in [1.82, 2.24) is 0 Å². The number of rotatable bonds is 7. The fourth-order valence-electron chi connectivity index (χ4n) is 2.29. The Morgan fingerprint density at radius 3 is 2.14 bits per heavy atom. The first-order valence-electron chi connectivity index (χ1n) is 7.45. The van der Waals surface area contributed by atoms with Crippen LogP contribution in [-0.4, -0.2) is 0 Å². The van der Waals surface area contributed by atoms with Crippen molar-refractivity contribution in [2.24, 2.45) is 0 Å². The molecule has 0 aliphatic carbocycles. The van der Waals surface area contributed by atoms with Gasteiger partial charge in [0.1, 0.15) is 0 Å². The normalized spacial score (nSPS) is 10.6. The maximum atomic E-state index is 6.00. The van der Waals surface area contributed by atoms with Crippen molar-refractivity contribution in [3.05, 3.63) is 63.6 Å². The van der Waals surface area contributed by atoms with Crippen LogP contribution in [0.5, 0.6) is 0 Å². The molecule has 0 heterocycles. The molecule has 0 amide bonds. The molecule has 3 heteroatoms. The van der Waals surface area contributed by atoms with E-state index in [1.807, 2.05) is 12.1 Å². The molecule has 0 bridgehead atoms. The highest BCUT2D eigenvalue weighted by Gasteiger charge is 1.99. The van der Waals surface area contributed by atoms with Crippen LogP contribution in [0.3, 0.4) is 0 Å². The Bertz CT molecular complexity index is 544. The van der Waals surface area contributed by atoms with E-state index in [0.29, 0.717) is 10.0 Å². The second kappa shape index (κ2) is 8.31. The van der Waals surface area contributed by atoms with Gasteiger partial charge in [-0.15, -0.1) is 0 Å². The molecule has 1 N–H and O–H groups in total. The summed E-state index contributed by atoms with van der Waals surface area (Å²) in [6.07, 6.45) is 5.00. The van der Waals surface area contributed by atoms with Gasteiger partial charge in [-0.05, 0) is 54.3 Å². The van der Waals surface area contributed by atoms with Crippen molar-refractivity contribution in [1.29, 1.82) is 0 Å².